The first-order valence-electron chi connectivity index (χ1n) is 5.62. The topological polar surface area (TPSA) is 3.24 Å². The van der Waals surface area contributed by atoms with Crippen LogP contribution in [0, 0.1) is 5.92 Å². The monoisotopic (exact) mass is 203 g/mol. The molecule has 0 aliphatic carbocycles. The van der Waals surface area contributed by atoms with Gasteiger partial charge in [0.1, 0.15) is 0 Å². The van der Waals surface area contributed by atoms with Crippen molar-refractivity contribution in [3.63, 3.8) is 0 Å². The van der Waals surface area contributed by atoms with Gasteiger partial charge >= 0.3 is 0 Å². The van der Waals surface area contributed by atoms with Gasteiger partial charge < -0.3 is 4.90 Å². The van der Waals surface area contributed by atoms with Crippen molar-refractivity contribution in [2.24, 2.45) is 5.92 Å². The summed E-state index contributed by atoms with van der Waals surface area (Å²) in [6.07, 6.45) is 5.11. The number of hydrogen-bond donors (Lipinski definition) is 0. The summed E-state index contributed by atoms with van der Waals surface area (Å²) in [7, 11) is 0. The van der Waals surface area contributed by atoms with Crippen LogP contribution < -0.4 is 0 Å². The fourth-order valence-corrected chi connectivity index (χ4v) is 2.43. The van der Waals surface area contributed by atoms with Gasteiger partial charge in [-0.1, -0.05) is 26.7 Å². The second-order valence-corrected chi connectivity index (χ2v) is 4.80. The Balaban J connectivity index is 2.26. The van der Waals surface area contributed by atoms with Gasteiger partial charge in [0.15, 0.2) is 0 Å². The van der Waals surface area contributed by atoms with E-state index >= 15 is 0 Å². The Morgan fingerprint density at radius 3 is 2.62 bits per heavy atom. The summed E-state index contributed by atoms with van der Waals surface area (Å²) in [5, 5.41) is 0.406. The average Bonchev–Trinajstić information content (AvgIpc) is 2.14. The minimum Gasteiger partial charge on any atom is -0.302 e. The third-order valence-electron chi connectivity index (χ3n) is 3.12. The van der Waals surface area contributed by atoms with E-state index in [0.29, 0.717) is 5.38 Å². The van der Waals surface area contributed by atoms with E-state index < -0.39 is 0 Å². The summed E-state index contributed by atoms with van der Waals surface area (Å²) in [5.41, 5.74) is 0. The van der Waals surface area contributed by atoms with Gasteiger partial charge in [-0.2, -0.15) is 0 Å². The Morgan fingerprint density at radius 2 is 2.08 bits per heavy atom. The Labute approximate surface area is 87.4 Å². The standard InChI is InChI=1S/C11H22ClN/c1-3-10(4-2)8-13-7-5-6-11(12)9-13/h10-11H,3-9H2,1-2H3. The molecule has 0 N–H and O–H groups in total. The molecule has 0 aromatic carbocycles. The van der Waals surface area contributed by atoms with Crippen molar-refractivity contribution in [2.45, 2.75) is 44.9 Å². The zero-order chi connectivity index (χ0) is 9.68. The van der Waals surface area contributed by atoms with Crippen LogP contribution in [0.4, 0.5) is 0 Å². The minimum atomic E-state index is 0.406. The predicted octanol–water partition coefficient (Wildman–Crippen LogP) is 3.13. The molecule has 2 heteroatoms. The van der Waals surface area contributed by atoms with Crippen LogP contribution in [0.1, 0.15) is 39.5 Å². The van der Waals surface area contributed by atoms with Crippen LogP contribution in [-0.2, 0) is 0 Å². The van der Waals surface area contributed by atoms with Crippen molar-refractivity contribution >= 4 is 11.6 Å². The molecule has 0 aromatic heterocycles. The summed E-state index contributed by atoms with van der Waals surface area (Å²) < 4.78 is 0. The van der Waals surface area contributed by atoms with Crippen molar-refractivity contribution in [3.05, 3.63) is 0 Å². The maximum Gasteiger partial charge on any atom is 0.0463 e. The first-order valence-corrected chi connectivity index (χ1v) is 6.06. The number of piperidine rings is 1. The molecule has 0 saturated carbocycles. The molecule has 1 nitrogen and oxygen atoms in total. The summed E-state index contributed by atoms with van der Waals surface area (Å²) in [6, 6.07) is 0. The summed E-state index contributed by atoms with van der Waals surface area (Å²) in [4.78, 5) is 2.54. The van der Waals surface area contributed by atoms with Gasteiger partial charge in [0, 0.05) is 18.5 Å². The van der Waals surface area contributed by atoms with E-state index in [9.17, 15) is 0 Å². The van der Waals surface area contributed by atoms with Crippen LogP contribution in [0.25, 0.3) is 0 Å². The molecule has 0 bridgehead atoms. The molecule has 0 radical (unpaired) electrons. The fourth-order valence-electron chi connectivity index (χ4n) is 2.08. The van der Waals surface area contributed by atoms with E-state index in [1.807, 2.05) is 0 Å². The van der Waals surface area contributed by atoms with Crippen LogP contribution >= 0.6 is 11.6 Å². The lowest BCUT2D eigenvalue weighted by Crippen LogP contribution is -2.38. The number of alkyl halides is 1. The Bertz CT molecular complexity index is 134. The molecule has 1 atom stereocenters. The molecule has 1 fully saturated rings. The lowest BCUT2D eigenvalue weighted by molar-refractivity contribution is 0.193. The molecule has 0 aromatic rings. The fraction of sp³-hybridized carbons (Fsp3) is 1.00. The first kappa shape index (κ1) is 11.3. The normalized spacial score (nSPS) is 25.4. The van der Waals surface area contributed by atoms with Crippen molar-refractivity contribution < 1.29 is 0 Å². The third-order valence-corrected chi connectivity index (χ3v) is 3.48. The van der Waals surface area contributed by atoms with Crippen LogP contribution in [0.3, 0.4) is 0 Å². The number of halogens is 1. The van der Waals surface area contributed by atoms with Gasteiger partial charge in [-0.05, 0) is 25.3 Å². The van der Waals surface area contributed by atoms with E-state index in [2.05, 4.69) is 18.7 Å². The molecule has 1 rings (SSSR count). The highest BCUT2D eigenvalue weighted by molar-refractivity contribution is 6.20. The molecule has 1 saturated heterocycles. The molecular weight excluding hydrogens is 182 g/mol. The van der Waals surface area contributed by atoms with Crippen LogP contribution in [-0.4, -0.2) is 29.9 Å². The SMILES string of the molecule is CCC(CC)CN1CCCC(Cl)C1. The Kier molecular flexibility index (Phi) is 5.12. The maximum atomic E-state index is 6.14. The Morgan fingerprint density at radius 1 is 1.38 bits per heavy atom. The van der Waals surface area contributed by atoms with Gasteiger partial charge in [-0.3, -0.25) is 0 Å². The number of nitrogens with zero attached hydrogens (tertiary/aromatic N) is 1. The molecule has 13 heavy (non-hydrogen) atoms. The number of hydrogen-bond acceptors (Lipinski definition) is 1. The molecule has 0 amide bonds. The van der Waals surface area contributed by atoms with Gasteiger partial charge in [0.05, 0.1) is 0 Å². The molecule has 1 unspecified atom stereocenters. The molecular formula is C11H22ClN. The molecule has 0 spiro atoms. The van der Waals surface area contributed by atoms with E-state index in [1.165, 1.54) is 38.8 Å². The van der Waals surface area contributed by atoms with Gasteiger partial charge in [-0.15, -0.1) is 11.6 Å². The highest BCUT2D eigenvalue weighted by Crippen LogP contribution is 2.18. The largest absolute Gasteiger partial charge is 0.302 e. The van der Waals surface area contributed by atoms with Crippen LogP contribution in [0.2, 0.25) is 0 Å². The predicted molar refractivity (Wildman–Crippen MR) is 59.4 cm³/mol. The smallest absolute Gasteiger partial charge is 0.0463 e. The van der Waals surface area contributed by atoms with Crippen LogP contribution in [0.5, 0.6) is 0 Å². The summed E-state index contributed by atoms with van der Waals surface area (Å²) >= 11 is 6.14. The van der Waals surface area contributed by atoms with Crippen molar-refractivity contribution in [2.75, 3.05) is 19.6 Å². The lowest BCUT2D eigenvalue weighted by Gasteiger charge is -2.32. The third kappa shape index (κ3) is 3.86. The minimum absolute atomic E-state index is 0.406. The van der Waals surface area contributed by atoms with Gasteiger partial charge in [-0.25, -0.2) is 0 Å². The highest BCUT2D eigenvalue weighted by atomic mass is 35.5. The zero-order valence-corrected chi connectivity index (χ0v) is 9.69. The maximum absolute atomic E-state index is 6.14. The molecule has 1 aliphatic heterocycles. The van der Waals surface area contributed by atoms with E-state index in [0.717, 1.165) is 12.5 Å². The first-order chi connectivity index (χ1) is 6.26. The molecule has 1 heterocycles. The van der Waals surface area contributed by atoms with E-state index in [4.69, 9.17) is 11.6 Å². The quantitative estimate of drug-likeness (QED) is 0.635. The average molecular weight is 204 g/mol. The number of likely N-dealkylation sites (tertiary alicyclic amines) is 1. The van der Waals surface area contributed by atoms with E-state index in [1.54, 1.807) is 0 Å². The molecule has 1 aliphatic rings. The van der Waals surface area contributed by atoms with Gasteiger partial charge in [0.2, 0.25) is 0 Å². The number of rotatable bonds is 4. The highest BCUT2D eigenvalue weighted by Gasteiger charge is 2.19. The summed E-state index contributed by atoms with van der Waals surface area (Å²) in [5.74, 6) is 0.877. The second kappa shape index (κ2) is 5.87. The second-order valence-electron chi connectivity index (χ2n) is 4.18. The summed E-state index contributed by atoms with van der Waals surface area (Å²) in [6.45, 7) is 8.21. The van der Waals surface area contributed by atoms with Crippen molar-refractivity contribution in [1.29, 1.82) is 0 Å². The van der Waals surface area contributed by atoms with E-state index in [-0.39, 0.29) is 0 Å². The van der Waals surface area contributed by atoms with Crippen LogP contribution in [0.15, 0.2) is 0 Å². The zero-order valence-electron chi connectivity index (χ0n) is 8.93. The Hall–Kier alpha value is 0.250. The lowest BCUT2D eigenvalue weighted by atomic mass is 10.0. The molecule has 78 valence electrons. The van der Waals surface area contributed by atoms with Crippen molar-refractivity contribution in [1.82, 2.24) is 4.90 Å². The van der Waals surface area contributed by atoms with Crippen molar-refractivity contribution in [3.8, 4) is 0 Å². The van der Waals surface area contributed by atoms with Gasteiger partial charge in [0.25, 0.3) is 0 Å².